The summed E-state index contributed by atoms with van der Waals surface area (Å²) in [5.41, 5.74) is 8.77. The summed E-state index contributed by atoms with van der Waals surface area (Å²) in [7, 11) is 3.58. The van der Waals surface area contributed by atoms with Gasteiger partial charge in [-0.1, -0.05) is 48.0 Å². The summed E-state index contributed by atoms with van der Waals surface area (Å²) < 4.78 is 14.9. The molecule has 5 nitrogen and oxygen atoms in total. The number of Topliss-reactive ketones (excluding diaryl/α,β-unsaturated/α-hetero) is 1. The summed E-state index contributed by atoms with van der Waals surface area (Å²) in [5.74, 6) is -1.50. The second kappa shape index (κ2) is 8.18. The van der Waals surface area contributed by atoms with Crippen LogP contribution in [0.3, 0.4) is 0 Å². The third kappa shape index (κ3) is 3.50. The van der Waals surface area contributed by atoms with Crippen LogP contribution in [0.2, 0.25) is 5.02 Å². The minimum absolute atomic E-state index is 0.0388. The van der Waals surface area contributed by atoms with Crippen molar-refractivity contribution in [3.63, 3.8) is 0 Å². The molecule has 2 aromatic carbocycles. The molecule has 0 saturated heterocycles. The molecule has 4 rings (SSSR count). The zero-order valence-electron chi connectivity index (χ0n) is 17.3. The Balaban J connectivity index is 1.95. The van der Waals surface area contributed by atoms with E-state index in [2.05, 4.69) is 6.07 Å². The first-order chi connectivity index (χ1) is 14.8. The van der Waals surface area contributed by atoms with Gasteiger partial charge in [0.1, 0.15) is 11.6 Å². The molecule has 0 spiro atoms. The van der Waals surface area contributed by atoms with Crippen LogP contribution in [0.15, 0.2) is 71.2 Å². The number of allylic oxidation sites excluding steroid dienone is 3. The van der Waals surface area contributed by atoms with E-state index in [0.29, 0.717) is 17.7 Å². The summed E-state index contributed by atoms with van der Waals surface area (Å²) in [6, 6.07) is 16.3. The minimum Gasteiger partial charge on any atom is -0.383 e. The minimum atomic E-state index is -0.936. The van der Waals surface area contributed by atoms with E-state index in [1.54, 1.807) is 30.2 Å². The van der Waals surface area contributed by atoms with Crippen LogP contribution < -0.4 is 5.73 Å². The van der Waals surface area contributed by atoms with Crippen LogP contribution >= 0.6 is 11.6 Å². The van der Waals surface area contributed by atoms with Gasteiger partial charge in [-0.2, -0.15) is 5.26 Å². The number of rotatable bonds is 3. The molecule has 1 heterocycles. The topological polar surface area (TPSA) is 73.4 Å². The van der Waals surface area contributed by atoms with Crippen LogP contribution in [0.1, 0.15) is 35.8 Å². The molecule has 1 aliphatic carbocycles. The average molecular weight is 437 g/mol. The van der Waals surface area contributed by atoms with Crippen LogP contribution in [-0.2, 0) is 4.79 Å². The van der Waals surface area contributed by atoms with Gasteiger partial charge in [0.15, 0.2) is 5.78 Å². The maximum atomic E-state index is 14.9. The number of nitrogens with two attached hydrogens (primary N) is 1. The summed E-state index contributed by atoms with van der Waals surface area (Å²) in [6.45, 7) is 0. The number of hydrogen-bond acceptors (Lipinski definition) is 5. The van der Waals surface area contributed by atoms with Crippen molar-refractivity contribution in [3.8, 4) is 6.07 Å². The Morgan fingerprint density at radius 1 is 1.16 bits per heavy atom. The Morgan fingerprint density at radius 2 is 1.87 bits per heavy atom. The van der Waals surface area contributed by atoms with Crippen molar-refractivity contribution in [1.82, 2.24) is 10.0 Å². The summed E-state index contributed by atoms with van der Waals surface area (Å²) in [5, 5.41) is 13.5. The number of carbonyl (C=O) groups excluding carboxylic acids is 1. The Bertz CT molecular complexity index is 1130. The second-order valence-corrected chi connectivity index (χ2v) is 8.34. The molecular weight excluding hydrogens is 415 g/mol. The standard InChI is InChI=1S/C24H22ClFN4O/c1-29(2)30-19-11-15(14-7-4-3-5-8-14)12-20(31)23(19)21(16(13-27)24(30)28)22-17(25)9-6-10-18(22)26/h3-10,15,21H,11-12,28H2,1-2H3/t15-,21-/m1/s1. The van der Waals surface area contributed by atoms with E-state index in [1.165, 1.54) is 12.1 Å². The second-order valence-electron chi connectivity index (χ2n) is 7.94. The van der Waals surface area contributed by atoms with Crippen LogP contribution in [0, 0.1) is 17.1 Å². The molecule has 0 saturated carbocycles. The van der Waals surface area contributed by atoms with Crippen molar-refractivity contribution >= 4 is 17.4 Å². The molecule has 0 radical (unpaired) electrons. The highest BCUT2D eigenvalue weighted by atomic mass is 35.5. The molecule has 2 N–H and O–H groups in total. The maximum absolute atomic E-state index is 14.9. The Hall–Kier alpha value is -3.14. The quantitative estimate of drug-likeness (QED) is 0.769. The first kappa shape index (κ1) is 21.1. The summed E-state index contributed by atoms with van der Waals surface area (Å²) in [6.07, 6.45) is 0.802. The van der Waals surface area contributed by atoms with Gasteiger partial charge in [-0.25, -0.2) is 9.40 Å². The van der Waals surface area contributed by atoms with E-state index in [1.807, 2.05) is 30.3 Å². The molecule has 1 aliphatic heterocycles. The van der Waals surface area contributed by atoms with Gasteiger partial charge < -0.3 is 5.73 Å². The van der Waals surface area contributed by atoms with Gasteiger partial charge in [-0.3, -0.25) is 9.80 Å². The lowest BCUT2D eigenvalue weighted by molar-refractivity contribution is -0.117. The van der Waals surface area contributed by atoms with Gasteiger partial charge in [0.05, 0.1) is 17.6 Å². The van der Waals surface area contributed by atoms with E-state index in [-0.39, 0.29) is 40.1 Å². The van der Waals surface area contributed by atoms with Crippen molar-refractivity contribution in [1.29, 1.82) is 5.26 Å². The van der Waals surface area contributed by atoms with Gasteiger partial charge in [0.25, 0.3) is 0 Å². The average Bonchev–Trinajstić information content (AvgIpc) is 2.73. The molecule has 0 amide bonds. The molecule has 2 aliphatic rings. The van der Waals surface area contributed by atoms with Crippen molar-refractivity contribution in [3.05, 3.63) is 93.2 Å². The van der Waals surface area contributed by atoms with E-state index in [4.69, 9.17) is 17.3 Å². The summed E-state index contributed by atoms with van der Waals surface area (Å²) in [4.78, 5) is 13.5. The van der Waals surface area contributed by atoms with Gasteiger partial charge in [0, 0.05) is 42.4 Å². The monoisotopic (exact) mass is 436 g/mol. The number of carbonyl (C=O) groups is 1. The fourth-order valence-corrected chi connectivity index (χ4v) is 4.88. The van der Waals surface area contributed by atoms with Crippen molar-refractivity contribution < 1.29 is 9.18 Å². The highest BCUT2D eigenvalue weighted by Crippen LogP contribution is 2.49. The van der Waals surface area contributed by atoms with E-state index < -0.39 is 11.7 Å². The van der Waals surface area contributed by atoms with Gasteiger partial charge in [0.2, 0.25) is 0 Å². The lowest BCUT2D eigenvalue weighted by Gasteiger charge is -2.44. The van der Waals surface area contributed by atoms with Crippen molar-refractivity contribution in [2.75, 3.05) is 14.1 Å². The largest absolute Gasteiger partial charge is 0.383 e. The fraction of sp³-hybridized carbons (Fsp3) is 0.250. The Kier molecular flexibility index (Phi) is 5.57. The molecular formula is C24H22ClFN4O. The maximum Gasteiger partial charge on any atom is 0.162 e. The number of benzene rings is 2. The Morgan fingerprint density at radius 3 is 2.48 bits per heavy atom. The zero-order valence-corrected chi connectivity index (χ0v) is 18.0. The Labute approximate surface area is 185 Å². The molecule has 0 aromatic heterocycles. The fourth-order valence-electron chi connectivity index (χ4n) is 4.60. The van der Waals surface area contributed by atoms with Crippen LogP contribution in [0.5, 0.6) is 0 Å². The molecule has 2 atom stereocenters. The molecule has 0 fully saturated rings. The van der Waals surface area contributed by atoms with E-state index >= 15 is 0 Å². The molecule has 31 heavy (non-hydrogen) atoms. The number of hydrogen-bond donors (Lipinski definition) is 1. The SMILES string of the molecule is CN(C)N1C(N)=C(C#N)[C@H](c2c(F)cccc2Cl)C2=C1C[C@@H](c1ccccc1)CC2=O. The van der Waals surface area contributed by atoms with Crippen LogP contribution in [-0.4, -0.2) is 29.9 Å². The molecule has 0 bridgehead atoms. The predicted octanol–water partition coefficient (Wildman–Crippen LogP) is 4.45. The lowest BCUT2D eigenvalue weighted by Crippen LogP contribution is -2.46. The lowest BCUT2D eigenvalue weighted by atomic mass is 9.72. The van der Waals surface area contributed by atoms with Crippen molar-refractivity contribution in [2.24, 2.45) is 5.73 Å². The highest BCUT2D eigenvalue weighted by Gasteiger charge is 2.44. The van der Waals surface area contributed by atoms with Crippen LogP contribution in [0.4, 0.5) is 4.39 Å². The van der Waals surface area contributed by atoms with E-state index in [0.717, 1.165) is 5.56 Å². The predicted molar refractivity (Wildman–Crippen MR) is 117 cm³/mol. The number of halogens is 2. The van der Waals surface area contributed by atoms with Crippen molar-refractivity contribution in [2.45, 2.75) is 24.7 Å². The third-order valence-electron chi connectivity index (χ3n) is 5.90. The number of hydrazine groups is 1. The number of nitrogens with zero attached hydrogens (tertiary/aromatic N) is 3. The normalized spacial score (nSPS) is 21.4. The number of ketones is 1. The summed E-state index contributed by atoms with van der Waals surface area (Å²) >= 11 is 6.36. The first-order valence-corrected chi connectivity index (χ1v) is 10.3. The number of nitriles is 1. The third-order valence-corrected chi connectivity index (χ3v) is 6.23. The van der Waals surface area contributed by atoms with Crippen LogP contribution in [0.25, 0.3) is 0 Å². The highest BCUT2D eigenvalue weighted by molar-refractivity contribution is 6.31. The molecule has 158 valence electrons. The molecule has 2 aromatic rings. The van der Waals surface area contributed by atoms with E-state index in [9.17, 15) is 14.4 Å². The van der Waals surface area contributed by atoms with Gasteiger partial charge in [-0.05, 0) is 30.0 Å². The molecule has 0 unspecified atom stereocenters. The first-order valence-electron chi connectivity index (χ1n) is 9.97. The van der Waals surface area contributed by atoms with Gasteiger partial charge in [-0.15, -0.1) is 0 Å². The van der Waals surface area contributed by atoms with Gasteiger partial charge >= 0.3 is 0 Å². The zero-order chi connectivity index (χ0) is 22.3. The molecule has 7 heteroatoms. The smallest absolute Gasteiger partial charge is 0.162 e.